The number of carbonyl (C=O) groups is 2. The molecular formula is C15H24FNO3. The zero-order valence-electron chi connectivity index (χ0n) is 12.6. The summed E-state index contributed by atoms with van der Waals surface area (Å²) in [6.07, 6.45) is 1.35. The van der Waals surface area contributed by atoms with Crippen LogP contribution >= 0.6 is 0 Å². The second kappa shape index (κ2) is 5.34. The fourth-order valence-electron chi connectivity index (χ4n) is 3.09. The smallest absolute Gasteiger partial charge is 0.410 e. The summed E-state index contributed by atoms with van der Waals surface area (Å²) >= 11 is 0. The molecule has 0 aromatic rings. The highest BCUT2D eigenvalue weighted by Gasteiger charge is 2.43. The number of rotatable bonds is 0. The number of likely N-dealkylation sites (tertiary alicyclic amines) is 1. The van der Waals surface area contributed by atoms with Gasteiger partial charge in [-0.15, -0.1) is 0 Å². The van der Waals surface area contributed by atoms with Gasteiger partial charge < -0.3 is 9.64 Å². The second-order valence-corrected chi connectivity index (χ2v) is 7.11. The predicted molar refractivity (Wildman–Crippen MR) is 73.2 cm³/mol. The first-order valence-corrected chi connectivity index (χ1v) is 7.36. The number of amides is 1. The fraction of sp³-hybridized carbons (Fsp3) is 0.867. The Morgan fingerprint density at radius 1 is 1.30 bits per heavy atom. The molecule has 2 aliphatic rings. The molecule has 5 heteroatoms. The summed E-state index contributed by atoms with van der Waals surface area (Å²) in [5.41, 5.74) is -0.584. The van der Waals surface area contributed by atoms with Crippen LogP contribution in [-0.2, 0) is 9.53 Å². The number of halogens is 1. The van der Waals surface area contributed by atoms with Gasteiger partial charge in [-0.25, -0.2) is 9.18 Å². The van der Waals surface area contributed by atoms with E-state index in [2.05, 4.69) is 0 Å². The van der Waals surface area contributed by atoms with Crippen LogP contribution in [0.15, 0.2) is 0 Å². The number of ether oxygens (including phenoxy) is 1. The van der Waals surface area contributed by atoms with Crippen molar-refractivity contribution in [1.29, 1.82) is 0 Å². The van der Waals surface area contributed by atoms with Gasteiger partial charge in [0.15, 0.2) is 12.0 Å². The lowest BCUT2D eigenvalue weighted by atomic mass is 9.67. The summed E-state index contributed by atoms with van der Waals surface area (Å²) in [7, 11) is 0. The number of hydrogen-bond acceptors (Lipinski definition) is 3. The van der Waals surface area contributed by atoms with Crippen LogP contribution in [0.25, 0.3) is 0 Å². The van der Waals surface area contributed by atoms with E-state index in [0.717, 1.165) is 19.3 Å². The fourth-order valence-corrected chi connectivity index (χ4v) is 3.09. The molecule has 4 nitrogen and oxygen atoms in total. The molecule has 1 aliphatic heterocycles. The van der Waals surface area contributed by atoms with Crippen molar-refractivity contribution in [1.82, 2.24) is 4.90 Å². The maximum Gasteiger partial charge on any atom is 0.410 e. The summed E-state index contributed by atoms with van der Waals surface area (Å²) in [6.45, 7) is 6.72. The van der Waals surface area contributed by atoms with Gasteiger partial charge in [0.25, 0.3) is 0 Å². The minimum atomic E-state index is -1.31. The van der Waals surface area contributed by atoms with E-state index in [0.29, 0.717) is 25.9 Å². The lowest BCUT2D eigenvalue weighted by Gasteiger charge is -2.44. The third-order valence-electron chi connectivity index (χ3n) is 4.34. The highest BCUT2D eigenvalue weighted by atomic mass is 19.1. The van der Waals surface area contributed by atoms with Crippen molar-refractivity contribution in [2.75, 3.05) is 13.1 Å². The first kappa shape index (κ1) is 15.3. The number of Topliss-reactive ketones (excluding diaryl/α,β-unsaturated/α-hetero) is 1. The Labute approximate surface area is 119 Å². The lowest BCUT2D eigenvalue weighted by Crippen LogP contribution is -2.47. The number of alkyl halides is 1. The zero-order chi connectivity index (χ0) is 15.0. The van der Waals surface area contributed by atoms with E-state index < -0.39 is 11.8 Å². The molecule has 2 rings (SSSR count). The topological polar surface area (TPSA) is 46.6 Å². The average Bonchev–Trinajstić information content (AvgIpc) is 2.33. The zero-order valence-corrected chi connectivity index (χ0v) is 12.6. The standard InChI is InChI=1S/C15H24FNO3/c1-14(2,3)20-13(19)17-8-6-15(7-9-17)5-4-12(18)11(16)10-15/h11H,4-10H2,1-3H3. The molecule has 0 bridgehead atoms. The van der Waals surface area contributed by atoms with E-state index >= 15 is 0 Å². The molecule has 0 radical (unpaired) electrons. The van der Waals surface area contributed by atoms with Crippen molar-refractivity contribution in [2.45, 2.75) is 64.6 Å². The number of nitrogens with zero attached hydrogens (tertiary/aromatic N) is 1. The minimum absolute atomic E-state index is 0.0914. The third-order valence-corrected chi connectivity index (χ3v) is 4.34. The normalized spacial score (nSPS) is 26.7. The van der Waals surface area contributed by atoms with E-state index in [9.17, 15) is 14.0 Å². The highest BCUT2D eigenvalue weighted by molar-refractivity contribution is 5.83. The predicted octanol–water partition coefficient (Wildman–Crippen LogP) is 3.09. The van der Waals surface area contributed by atoms with Gasteiger partial charge in [-0.1, -0.05) is 0 Å². The van der Waals surface area contributed by atoms with Gasteiger partial charge in [0.1, 0.15) is 5.60 Å². The Balaban J connectivity index is 1.89. The molecule has 0 aromatic carbocycles. The Morgan fingerprint density at radius 3 is 2.40 bits per heavy atom. The molecular weight excluding hydrogens is 261 g/mol. The van der Waals surface area contributed by atoms with Crippen molar-refractivity contribution in [3.8, 4) is 0 Å². The number of ketones is 1. The molecule has 1 atom stereocenters. The third kappa shape index (κ3) is 3.49. The van der Waals surface area contributed by atoms with Crippen LogP contribution in [0, 0.1) is 5.41 Å². The monoisotopic (exact) mass is 285 g/mol. The average molecular weight is 285 g/mol. The molecule has 0 N–H and O–H groups in total. The summed E-state index contributed by atoms with van der Waals surface area (Å²) in [4.78, 5) is 25.0. The molecule has 1 unspecified atom stereocenters. The van der Waals surface area contributed by atoms with Crippen LogP contribution in [0.1, 0.15) is 52.9 Å². The highest BCUT2D eigenvalue weighted by Crippen LogP contribution is 2.44. The Hall–Kier alpha value is -1.13. The molecule has 1 amide bonds. The minimum Gasteiger partial charge on any atom is -0.444 e. The number of hydrogen-bond donors (Lipinski definition) is 0. The summed E-state index contributed by atoms with van der Waals surface area (Å²) in [5, 5.41) is 0. The Morgan fingerprint density at radius 2 is 1.90 bits per heavy atom. The van der Waals surface area contributed by atoms with E-state index in [1.54, 1.807) is 4.90 Å². The lowest BCUT2D eigenvalue weighted by molar-refractivity contribution is -0.130. The van der Waals surface area contributed by atoms with Crippen molar-refractivity contribution in [2.24, 2.45) is 5.41 Å². The molecule has 2 fully saturated rings. The van der Waals surface area contributed by atoms with Crippen LogP contribution < -0.4 is 0 Å². The van der Waals surface area contributed by atoms with Crippen molar-refractivity contribution < 1.29 is 18.7 Å². The van der Waals surface area contributed by atoms with Gasteiger partial charge in [-0.3, -0.25) is 4.79 Å². The summed E-state index contributed by atoms with van der Waals surface area (Å²) in [5.74, 6) is -0.259. The molecule has 1 saturated heterocycles. The molecule has 1 heterocycles. The van der Waals surface area contributed by atoms with Crippen LogP contribution in [0.2, 0.25) is 0 Å². The Kier molecular flexibility index (Phi) is 4.07. The van der Waals surface area contributed by atoms with Crippen LogP contribution in [-0.4, -0.2) is 41.6 Å². The maximum absolute atomic E-state index is 13.6. The van der Waals surface area contributed by atoms with E-state index in [-0.39, 0.29) is 17.3 Å². The van der Waals surface area contributed by atoms with E-state index in [1.807, 2.05) is 20.8 Å². The van der Waals surface area contributed by atoms with Crippen molar-refractivity contribution >= 4 is 11.9 Å². The quantitative estimate of drug-likeness (QED) is 0.687. The Bertz CT molecular complexity index is 394. The van der Waals surface area contributed by atoms with Gasteiger partial charge in [0.05, 0.1) is 0 Å². The van der Waals surface area contributed by atoms with Crippen LogP contribution in [0.3, 0.4) is 0 Å². The first-order valence-electron chi connectivity index (χ1n) is 7.36. The van der Waals surface area contributed by atoms with Gasteiger partial charge in [0, 0.05) is 19.5 Å². The van der Waals surface area contributed by atoms with Crippen molar-refractivity contribution in [3.05, 3.63) is 0 Å². The molecule has 1 aliphatic carbocycles. The molecule has 114 valence electrons. The van der Waals surface area contributed by atoms with E-state index in [1.165, 1.54) is 0 Å². The maximum atomic E-state index is 13.6. The molecule has 1 spiro atoms. The first-order chi connectivity index (χ1) is 9.21. The second-order valence-electron chi connectivity index (χ2n) is 7.11. The largest absolute Gasteiger partial charge is 0.444 e. The molecule has 0 aromatic heterocycles. The number of piperidine rings is 1. The molecule has 20 heavy (non-hydrogen) atoms. The van der Waals surface area contributed by atoms with Gasteiger partial charge in [0.2, 0.25) is 0 Å². The number of carbonyl (C=O) groups excluding carboxylic acids is 2. The van der Waals surface area contributed by atoms with E-state index in [4.69, 9.17) is 4.74 Å². The van der Waals surface area contributed by atoms with Gasteiger partial charge >= 0.3 is 6.09 Å². The van der Waals surface area contributed by atoms with Crippen molar-refractivity contribution in [3.63, 3.8) is 0 Å². The molecule has 1 saturated carbocycles. The van der Waals surface area contributed by atoms with Crippen LogP contribution in [0.4, 0.5) is 9.18 Å². The van der Waals surface area contributed by atoms with Gasteiger partial charge in [-0.2, -0.15) is 0 Å². The summed E-state index contributed by atoms with van der Waals surface area (Å²) in [6, 6.07) is 0. The summed E-state index contributed by atoms with van der Waals surface area (Å²) < 4.78 is 19.0. The SMILES string of the molecule is CC(C)(C)OC(=O)N1CCC2(CCC(=O)C(F)C2)CC1. The van der Waals surface area contributed by atoms with Gasteiger partial charge in [-0.05, 0) is 51.9 Å². The van der Waals surface area contributed by atoms with Crippen LogP contribution in [0.5, 0.6) is 0 Å².